The van der Waals surface area contributed by atoms with Crippen LogP contribution in [-0.4, -0.2) is 12.5 Å². The van der Waals surface area contributed by atoms with Crippen molar-refractivity contribution < 1.29 is 9.53 Å². The Morgan fingerprint density at radius 1 is 1.12 bits per heavy atom. The van der Waals surface area contributed by atoms with Crippen molar-refractivity contribution in [2.45, 2.75) is 13.8 Å². The zero-order chi connectivity index (χ0) is 17.1. The molecule has 0 aliphatic heterocycles. The normalized spacial score (nSPS) is 10.6. The Bertz CT molecular complexity index is 905. The maximum Gasteiger partial charge on any atom is 0.260 e. The van der Waals surface area contributed by atoms with E-state index in [2.05, 4.69) is 5.32 Å². The van der Waals surface area contributed by atoms with Crippen molar-refractivity contribution in [3.05, 3.63) is 70.7 Å². The Labute approximate surface area is 146 Å². The molecule has 3 rings (SSSR count). The highest BCUT2D eigenvalue weighted by atomic mass is 35.5. The molecule has 0 aromatic heterocycles. The third kappa shape index (κ3) is 3.22. The number of nitrogens with one attached hydrogen (secondary N) is 1. The first-order chi connectivity index (χ1) is 11.6. The summed E-state index contributed by atoms with van der Waals surface area (Å²) in [7, 11) is 0. The van der Waals surface area contributed by atoms with E-state index in [1.165, 1.54) is 0 Å². The molecule has 0 bridgehead atoms. The van der Waals surface area contributed by atoms with Gasteiger partial charge in [0.2, 0.25) is 0 Å². The topological polar surface area (TPSA) is 38.3 Å². The van der Waals surface area contributed by atoms with E-state index in [1.807, 2.05) is 62.4 Å². The fraction of sp³-hybridized carbons (Fsp3) is 0.150. The second-order valence-electron chi connectivity index (χ2n) is 5.51. The molecule has 3 nitrogen and oxygen atoms in total. The van der Waals surface area contributed by atoms with Gasteiger partial charge in [0.15, 0.2) is 0 Å². The third-order valence-corrected chi connectivity index (χ3v) is 4.25. The molecule has 0 aliphatic rings. The van der Waals surface area contributed by atoms with Crippen molar-refractivity contribution in [3.63, 3.8) is 0 Å². The van der Waals surface area contributed by atoms with Gasteiger partial charge in [-0.1, -0.05) is 48.0 Å². The van der Waals surface area contributed by atoms with E-state index < -0.39 is 0 Å². The van der Waals surface area contributed by atoms with Crippen LogP contribution in [-0.2, 0) is 0 Å². The average Bonchev–Trinajstić information content (AvgIpc) is 2.58. The number of anilines is 1. The lowest BCUT2D eigenvalue weighted by Crippen LogP contribution is -2.14. The first-order valence-corrected chi connectivity index (χ1v) is 8.20. The summed E-state index contributed by atoms with van der Waals surface area (Å²) in [5.74, 6) is 0.363. The molecule has 0 aliphatic carbocycles. The highest BCUT2D eigenvalue weighted by Gasteiger charge is 2.17. The number of carbonyl (C=O) groups excluding carboxylic acids is 1. The number of rotatable bonds is 4. The van der Waals surface area contributed by atoms with Gasteiger partial charge in [-0.15, -0.1) is 0 Å². The van der Waals surface area contributed by atoms with Crippen LogP contribution in [0.5, 0.6) is 5.75 Å². The Morgan fingerprint density at radius 3 is 2.67 bits per heavy atom. The van der Waals surface area contributed by atoms with Gasteiger partial charge in [0.25, 0.3) is 5.91 Å². The van der Waals surface area contributed by atoms with Crippen molar-refractivity contribution >= 4 is 34.0 Å². The first kappa shape index (κ1) is 16.3. The van der Waals surface area contributed by atoms with Gasteiger partial charge < -0.3 is 10.1 Å². The van der Waals surface area contributed by atoms with E-state index in [-0.39, 0.29) is 5.91 Å². The zero-order valence-corrected chi connectivity index (χ0v) is 14.4. The number of hydrogen-bond donors (Lipinski definition) is 1. The molecule has 0 heterocycles. The molecule has 1 amide bonds. The van der Waals surface area contributed by atoms with Crippen LogP contribution in [0, 0.1) is 6.92 Å². The Morgan fingerprint density at radius 2 is 1.92 bits per heavy atom. The van der Waals surface area contributed by atoms with Gasteiger partial charge in [-0.25, -0.2) is 0 Å². The van der Waals surface area contributed by atoms with Crippen molar-refractivity contribution in [3.8, 4) is 5.75 Å². The van der Waals surface area contributed by atoms with Crippen molar-refractivity contribution in [1.29, 1.82) is 0 Å². The summed E-state index contributed by atoms with van der Waals surface area (Å²) in [4.78, 5) is 12.9. The predicted octanol–water partition coefficient (Wildman–Crippen LogP) is 5.45. The quantitative estimate of drug-likeness (QED) is 0.686. The lowest BCUT2D eigenvalue weighted by Gasteiger charge is -2.14. The summed E-state index contributed by atoms with van der Waals surface area (Å²) in [5.41, 5.74) is 2.16. The van der Waals surface area contributed by atoms with Crippen LogP contribution in [0.2, 0.25) is 5.02 Å². The van der Waals surface area contributed by atoms with Crippen LogP contribution < -0.4 is 10.1 Å². The minimum Gasteiger partial charge on any atom is -0.493 e. The summed E-state index contributed by atoms with van der Waals surface area (Å²) < 4.78 is 5.66. The van der Waals surface area contributed by atoms with E-state index in [9.17, 15) is 4.79 Å². The van der Waals surface area contributed by atoms with Gasteiger partial charge in [0.05, 0.1) is 12.2 Å². The predicted molar refractivity (Wildman–Crippen MR) is 99.3 cm³/mol. The molecule has 1 N–H and O–H groups in total. The summed E-state index contributed by atoms with van der Waals surface area (Å²) in [6, 6.07) is 17.0. The average molecular weight is 340 g/mol. The van der Waals surface area contributed by atoms with Gasteiger partial charge in [-0.2, -0.15) is 0 Å². The highest BCUT2D eigenvalue weighted by molar-refractivity contribution is 6.31. The summed E-state index contributed by atoms with van der Waals surface area (Å²) >= 11 is 6.14. The Kier molecular flexibility index (Phi) is 4.72. The monoisotopic (exact) mass is 339 g/mol. The number of hydrogen-bond acceptors (Lipinski definition) is 2. The van der Waals surface area contributed by atoms with Gasteiger partial charge in [0, 0.05) is 10.7 Å². The second kappa shape index (κ2) is 6.93. The number of aryl methyl sites for hydroxylation is 1. The standard InChI is InChI=1S/C20H18ClNO2/c1-3-24-18-11-9-14-6-4-5-7-16(14)19(18)20(23)22-15-10-8-13(2)17(21)12-15/h4-12H,3H2,1-2H3,(H,22,23). The summed E-state index contributed by atoms with van der Waals surface area (Å²) in [6.45, 7) is 4.32. The van der Waals surface area contributed by atoms with E-state index in [4.69, 9.17) is 16.3 Å². The Balaban J connectivity index is 2.04. The summed E-state index contributed by atoms with van der Waals surface area (Å²) in [6.07, 6.45) is 0. The van der Waals surface area contributed by atoms with Gasteiger partial charge in [-0.3, -0.25) is 4.79 Å². The molecule has 4 heteroatoms. The molecule has 3 aromatic carbocycles. The molecule has 0 radical (unpaired) electrons. The van der Waals surface area contributed by atoms with Crippen LogP contribution in [0.3, 0.4) is 0 Å². The number of halogens is 1. The van der Waals surface area contributed by atoms with Crippen LogP contribution in [0.1, 0.15) is 22.8 Å². The largest absolute Gasteiger partial charge is 0.493 e. The van der Waals surface area contributed by atoms with Crippen LogP contribution in [0.25, 0.3) is 10.8 Å². The minimum absolute atomic E-state index is 0.213. The minimum atomic E-state index is -0.213. The molecule has 24 heavy (non-hydrogen) atoms. The van der Waals surface area contributed by atoms with Crippen LogP contribution >= 0.6 is 11.6 Å². The molecule has 122 valence electrons. The molecule has 0 fully saturated rings. The molecule has 0 saturated heterocycles. The maximum atomic E-state index is 12.9. The van der Waals surface area contributed by atoms with Gasteiger partial charge in [-0.05, 0) is 48.4 Å². The SMILES string of the molecule is CCOc1ccc2ccccc2c1C(=O)Nc1ccc(C)c(Cl)c1. The van der Waals surface area contributed by atoms with Crippen molar-refractivity contribution in [2.75, 3.05) is 11.9 Å². The molecule has 0 unspecified atom stereocenters. The molecular formula is C20H18ClNO2. The maximum absolute atomic E-state index is 12.9. The van der Waals surface area contributed by atoms with Gasteiger partial charge in [0.1, 0.15) is 5.75 Å². The zero-order valence-electron chi connectivity index (χ0n) is 13.6. The molecule has 0 saturated carbocycles. The van der Waals surface area contributed by atoms with E-state index in [0.29, 0.717) is 28.6 Å². The lowest BCUT2D eigenvalue weighted by molar-refractivity contribution is 0.102. The fourth-order valence-corrected chi connectivity index (χ4v) is 2.81. The Hall–Kier alpha value is -2.52. The van der Waals surface area contributed by atoms with Gasteiger partial charge >= 0.3 is 0 Å². The molecule has 3 aromatic rings. The van der Waals surface area contributed by atoms with Crippen molar-refractivity contribution in [2.24, 2.45) is 0 Å². The van der Waals surface area contributed by atoms with Crippen LogP contribution in [0.4, 0.5) is 5.69 Å². The van der Waals surface area contributed by atoms with Crippen LogP contribution in [0.15, 0.2) is 54.6 Å². The van der Waals surface area contributed by atoms with E-state index >= 15 is 0 Å². The van der Waals surface area contributed by atoms with E-state index in [0.717, 1.165) is 16.3 Å². The number of amides is 1. The number of ether oxygens (including phenoxy) is 1. The fourth-order valence-electron chi connectivity index (χ4n) is 2.63. The lowest BCUT2D eigenvalue weighted by atomic mass is 10.0. The number of fused-ring (bicyclic) bond motifs is 1. The third-order valence-electron chi connectivity index (χ3n) is 3.85. The molecular weight excluding hydrogens is 322 g/mol. The van der Waals surface area contributed by atoms with E-state index in [1.54, 1.807) is 6.07 Å². The first-order valence-electron chi connectivity index (χ1n) is 7.82. The van der Waals surface area contributed by atoms with Crippen molar-refractivity contribution in [1.82, 2.24) is 0 Å². The molecule has 0 atom stereocenters. The smallest absolute Gasteiger partial charge is 0.260 e. The molecule has 0 spiro atoms. The second-order valence-corrected chi connectivity index (χ2v) is 5.92. The highest BCUT2D eigenvalue weighted by Crippen LogP contribution is 2.29. The summed E-state index contributed by atoms with van der Waals surface area (Å²) in [5, 5.41) is 5.39. The number of benzene rings is 3. The number of carbonyl (C=O) groups is 1.